The zero-order chi connectivity index (χ0) is 18.3. The maximum Gasteiger partial charge on any atom is 0.183 e. The van der Waals surface area contributed by atoms with Gasteiger partial charge < -0.3 is 9.22 Å². The first-order valence-electron chi connectivity index (χ1n) is 9.07. The summed E-state index contributed by atoms with van der Waals surface area (Å²) in [6, 6.07) is 20.9. The lowest BCUT2D eigenvalue weighted by atomic mass is 9.80. The van der Waals surface area contributed by atoms with E-state index < -0.39 is 8.32 Å². The first kappa shape index (κ1) is 19.6. The molecule has 2 aromatic rings. The van der Waals surface area contributed by atoms with Gasteiger partial charge in [0, 0.05) is 13.0 Å². The summed E-state index contributed by atoms with van der Waals surface area (Å²) >= 11 is 0. The zero-order valence-electron chi connectivity index (χ0n) is 15.9. The molecule has 0 amide bonds. The highest BCUT2D eigenvalue weighted by Crippen LogP contribution is 2.32. The van der Waals surface area contributed by atoms with Crippen LogP contribution in [0.25, 0.3) is 0 Å². The summed E-state index contributed by atoms with van der Waals surface area (Å²) in [5.41, 5.74) is 2.54. The first-order chi connectivity index (χ1) is 11.8. The quantitative estimate of drug-likeness (QED) is 0.559. The highest BCUT2D eigenvalue weighted by Gasteiger charge is 2.27. The monoisotopic (exact) mass is 354 g/mol. The second-order valence-corrected chi connectivity index (χ2v) is 12.3. The van der Waals surface area contributed by atoms with E-state index in [1.54, 1.807) is 6.92 Å². The topological polar surface area (TPSA) is 26.3 Å². The summed E-state index contributed by atoms with van der Waals surface area (Å²) in [7, 11) is -1.61. The molecule has 0 heterocycles. The molecule has 25 heavy (non-hydrogen) atoms. The number of ketones is 1. The average molecular weight is 355 g/mol. The first-order valence-corrected chi connectivity index (χ1v) is 12.5. The molecule has 0 aliphatic carbocycles. The van der Waals surface area contributed by atoms with E-state index in [1.165, 1.54) is 11.1 Å². The Labute approximate surface area is 153 Å². The summed E-state index contributed by atoms with van der Waals surface area (Å²) in [4.78, 5) is 12.0. The van der Waals surface area contributed by atoms with Gasteiger partial charge in [-0.3, -0.25) is 0 Å². The molecule has 0 radical (unpaired) electrons. The minimum atomic E-state index is -1.61. The van der Waals surface area contributed by atoms with Crippen LogP contribution in [0, 0.1) is 5.92 Å². The van der Waals surface area contributed by atoms with Crippen molar-refractivity contribution < 1.29 is 9.22 Å². The van der Waals surface area contributed by atoms with Gasteiger partial charge in [0.05, 0.1) is 0 Å². The largest absolute Gasteiger partial charge is 0.417 e. The number of Topliss-reactive ketones (excluding diaryl/α,β-unsaturated/α-hetero) is 1. The van der Waals surface area contributed by atoms with Crippen LogP contribution < -0.4 is 0 Å². The molecule has 0 spiro atoms. The molecule has 2 nitrogen and oxygen atoms in total. The minimum absolute atomic E-state index is 0.190. The highest BCUT2D eigenvalue weighted by molar-refractivity contribution is 6.69. The van der Waals surface area contributed by atoms with E-state index in [0.717, 1.165) is 6.42 Å². The predicted molar refractivity (Wildman–Crippen MR) is 107 cm³/mol. The number of benzene rings is 2. The van der Waals surface area contributed by atoms with Crippen molar-refractivity contribution >= 4 is 14.1 Å². The Morgan fingerprint density at radius 3 is 2.04 bits per heavy atom. The summed E-state index contributed by atoms with van der Waals surface area (Å²) in [6.07, 6.45) is 1.49. The van der Waals surface area contributed by atoms with Gasteiger partial charge in [0.15, 0.2) is 8.32 Å². The van der Waals surface area contributed by atoms with Crippen LogP contribution in [0.1, 0.15) is 30.4 Å². The lowest BCUT2D eigenvalue weighted by Gasteiger charge is -2.30. The highest BCUT2D eigenvalue weighted by atomic mass is 28.4. The van der Waals surface area contributed by atoms with E-state index in [0.29, 0.717) is 18.9 Å². The Hall–Kier alpha value is -1.71. The maximum absolute atomic E-state index is 12.0. The fourth-order valence-corrected chi connectivity index (χ4v) is 3.87. The molecule has 3 heteroatoms. The number of carbonyl (C=O) groups is 1. The van der Waals surface area contributed by atoms with E-state index in [9.17, 15) is 4.79 Å². The summed E-state index contributed by atoms with van der Waals surface area (Å²) in [6.45, 7) is 9.05. The Morgan fingerprint density at radius 2 is 1.52 bits per heavy atom. The standard InChI is InChI=1S/C22H30O2Si/c1-18(23)15-22(20-13-9-6-10-14-20)21(17-24-25(2,3)4)16-19-11-7-5-8-12-19/h5-14,21-22H,15-17H2,1-4H3/t21-,22+/m0/s1. The van der Waals surface area contributed by atoms with Crippen molar-refractivity contribution in [1.29, 1.82) is 0 Å². The third kappa shape index (κ3) is 6.97. The second-order valence-electron chi connectivity index (χ2n) is 7.80. The minimum Gasteiger partial charge on any atom is -0.417 e. The molecule has 2 rings (SSSR count). The third-order valence-corrected chi connectivity index (χ3v) is 5.41. The Bertz CT molecular complexity index is 647. The molecule has 0 aliphatic heterocycles. The van der Waals surface area contributed by atoms with Gasteiger partial charge >= 0.3 is 0 Å². The van der Waals surface area contributed by atoms with Crippen molar-refractivity contribution in [3.05, 3.63) is 71.8 Å². The molecule has 0 unspecified atom stereocenters. The van der Waals surface area contributed by atoms with Crippen LogP contribution in [-0.2, 0) is 15.6 Å². The lowest BCUT2D eigenvalue weighted by molar-refractivity contribution is -0.117. The van der Waals surface area contributed by atoms with Gasteiger partial charge in [-0.15, -0.1) is 0 Å². The molecule has 0 aromatic heterocycles. The molecule has 0 aliphatic rings. The summed E-state index contributed by atoms with van der Waals surface area (Å²) in [5, 5.41) is 0. The molecule has 2 atom stereocenters. The summed E-state index contributed by atoms with van der Waals surface area (Å²) in [5.74, 6) is 0.718. The fraction of sp³-hybridized carbons (Fsp3) is 0.409. The molecule has 134 valence electrons. The van der Waals surface area contributed by atoms with Crippen LogP contribution in [0.4, 0.5) is 0 Å². The molecule has 0 fully saturated rings. The maximum atomic E-state index is 12.0. The van der Waals surface area contributed by atoms with Gasteiger partial charge in [-0.1, -0.05) is 60.7 Å². The Balaban J connectivity index is 2.29. The van der Waals surface area contributed by atoms with Crippen LogP contribution in [0.15, 0.2) is 60.7 Å². The van der Waals surface area contributed by atoms with Crippen molar-refractivity contribution in [2.24, 2.45) is 5.92 Å². The molecular formula is C22H30O2Si. The SMILES string of the molecule is CC(=O)C[C@H](c1ccccc1)[C@H](CO[Si](C)(C)C)Cc1ccccc1. The van der Waals surface area contributed by atoms with Crippen molar-refractivity contribution in [3.63, 3.8) is 0 Å². The van der Waals surface area contributed by atoms with Crippen LogP contribution in [0.3, 0.4) is 0 Å². The molecule has 0 saturated carbocycles. The van der Waals surface area contributed by atoms with Gasteiger partial charge in [0.25, 0.3) is 0 Å². The van der Waals surface area contributed by atoms with Crippen LogP contribution in [0.5, 0.6) is 0 Å². The number of hydrogen-bond acceptors (Lipinski definition) is 2. The summed E-state index contributed by atoms with van der Waals surface area (Å²) < 4.78 is 6.28. The van der Waals surface area contributed by atoms with E-state index >= 15 is 0 Å². The number of hydrogen-bond donors (Lipinski definition) is 0. The van der Waals surface area contributed by atoms with Gasteiger partial charge in [0.2, 0.25) is 0 Å². The van der Waals surface area contributed by atoms with E-state index in [2.05, 4.69) is 68.2 Å². The normalized spacial score (nSPS) is 14.1. The van der Waals surface area contributed by atoms with Crippen molar-refractivity contribution in [1.82, 2.24) is 0 Å². The molecule has 0 bridgehead atoms. The molecular weight excluding hydrogens is 324 g/mol. The average Bonchev–Trinajstić information content (AvgIpc) is 2.57. The molecule has 2 aromatic carbocycles. The smallest absolute Gasteiger partial charge is 0.183 e. The van der Waals surface area contributed by atoms with Crippen LogP contribution >= 0.6 is 0 Å². The zero-order valence-corrected chi connectivity index (χ0v) is 16.9. The van der Waals surface area contributed by atoms with E-state index in [4.69, 9.17) is 4.43 Å². The van der Waals surface area contributed by atoms with E-state index in [1.807, 2.05) is 12.1 Å². The molecule has 0 N–H and O–H groups in total. The number of rotatable bonds is 9. The lowest BCUT2D eigenvalue weighted by Crippen LogP contribution is -2.32. The Kier molecular flexibility index (Phi) is 7.15. The third-order valence-electron chi connectivity index (χ3n) is 4.38. The van der Waals surface area contributed by atoms with Crippen LogP contribution in [0.2, 0.25) is 19.6 Å². The predicted octanol–water partition coefficient (Wildman–Crippen LogP) is 5.46. The van der Waals surface area contributed by atoms with Gasteiger partial charge in [-0.2, -0.15) is 0 Å². The molecule has 0 saturated heterocycles. The van der Waals surface area contributed by atoms with Crippen molar-refractivity contribution in [2.75, 3.05) is 6.61 Å². The van der Waals surface area contributed by atoms with Crippen molar-refractivity contribution in [2.45, 2.75) is 45.3 Å². The van der Waals surface area contributed by atoms with Crippen LogP contribution in [-0.4, -0.2) is 20.7 Å². The Morgan fingerprint density at radius 1 is 0.960 bits per heavy atom. The van der Waals surface area contributed by atoms with Gasteiger partial charge in [0.1, 0.15) is 5.78 Å². The second kappa shape index (κ2) is 9.11. The van der Waals surface area contributed by atoms with Crippen molar-refractivity contribution in [3.8, 4) is 0 Å². The van der Waals surface area contributed by atoms with E-state index in [-0.39, 0.29) is 11.7 Å². The van der Waals surface area contributed by atoms with Gasteiger partial charge in [-0.25, -0.2) is 0 Å². The number of carbonyl (C=O) groups excluding carboxylic acids is 1. The van der Waals surface area contributed by atoms with Gasteiger partial charge in [-0.05, 0) is 55.9 Å². The fourth-order valence-electron chi connectivity index (χ4n) is 3.16.